The first kappa shape index (κ1) is 30.8. The largest absolute Gasteiger partial charge is 0.493 e. The number of anilines is 2. The minimum atomic E-state index is -1.73. The summed E-state index contributed by atoms with van der Waals surface area (Å²) in [4.78, 5) is 41.8. The Labute approximate surface area is 247 Å². The molecule has 3 aromatic rings. The number of methoxy groups -OCH3 is 1. The Morgan fingerprint density at radius 1 is 0.881 bits per heavy atom. The first-order chi connectivity index (χ1) is 20.1. The van der Waals surface area contributed by atoms with Crippen molar-refractivity contribution in [3.63, 3.8) is 0 Å². The third-order valence-corrected chi connectivity index (χ3v) is 8.02. The summed E-state index contributed by atoms with van der Waals surface area (Å²) < 4.78 is 11.3. The van der Waals surface area contributed by atoms with Crippen LogP contribution in [0.25, 0.3) is 0 Å². The van der Waals surface area contributed by atoms with E-state index in [1.54, 1.807) is 30.3 Å². The summed E-state index contributed by atoms with van der Waals surface area (Å²) in [6.45, 7) is 7.73. The highest BCUT2D eigenvalue weighted by Crippen LogP contribution is 2.48. The van der Waals surface area contributed by atoms with Crippen LogP contribution in [0.15, 0.2) is 66.7 Å². The van der Waals surface area contributed by atoms with Gasteiger partial charge in [-0.2, -0.15) is 0 Å². The van der Waals surface area contributed by atoms with Crippen LogP contribution >= 0.6 is 0 Å². The van der Waals surface area contributed by atoms with Crippen molar-refractivity contribution in [2.75, 3.05) is 24.4 Å². The predicted molar refractivity (Wildman–Crippen MR) is 163 cm³/mol. The molecule has 0 aliphatic heterocycles. The summed E-state index contributed by atoms with van der Waals surface area (Å²) in [7, 11) is 1.50. The van der Waals surface area contributed by atoms with E-state index in [1.807, 2.05) is 57.2 Å². The van der Waals surface area contributed by atoms with E-state index in [1.165, 1.54) is 14.0 Å². The van der Waals surface area contributed by atoms with Crippen LogP contribution in [-0.4, -0.2) is 42.0 Å². The summed E-state index contributed by atoms with van der Waals surface area (Å²) in [5.41, 5.74) is 1.87. The van der Waals surface area contributed by atoms with Crippen molar-refractivity contribution in [1.82, 2.24) is 0 Å². The fourth-order valence-corrected chi connectivity index (χ4v) is 5.98. The summed E-state index contributed by atoms with van der Waals surface area (Å²) in [6.07, 6.45) is 1.03. The number of Topliss-reactive ketones (excluding diaryl/α,β-unsaturated/α-hetero) is 1. The van der Waals surface area contributed by atoms with Gasteiger partial charge in [-0.3, -0.25) is 14.4 Å². The molecule has 3 aromatic carbocycles. The number of carbonyl (C=O) groups is 3. The van der Waals surface area contributed by atoms with Gasteiger partial charge in [0.2, 0.25) is 11.8 Å². The van der Waals surface area contributed by atoms with Gasteiger partial charge < -0.3 is 25.2 Å². The molecule has 0 heterocycles. The van der Waals surface area contributed by atoms with Crippen LogP contribution in [0.4, 0.5) is 11.4 Å². The van der Waals surface area contributed by atoms with Gasteiger partial charge in [0.15, 0.2) is 11.5 Å². The molecule has 4 rings (SSSR count). The summed E-state index contributed by atoms with van der Waals surface area (Å²) in [5.74, 6) is -3.92. The number of hydrogen-bond donors (Lipinski definition) is 3. The lowest BCUT2D eigenvalue weighted by Gasteiger charge is -2.44. The van der Waals surface area contributed by atoms with Crippen molar-refractivity contribution >= 4 is 29.0 Å². The number of hydrogen-bond acceptors (Lipinski definition) is 6. The lowest BCUT2D eigenvalue weighted by atomic mass is 9.61. The maximum absolute atomic E-state index is 14.1. The molecular formula is C34H40N2O6. The number of rotatable bonds is 10. The Kier molecular flexibility index (Phi) is 9.68. The SMILES string of the molecule is CCOc1ccc(C2C(C(=O)Nc3ccccc3CC)C(=O)CC(C)(O)C2C(=O)Nc2ccccc2CC)cc1OC. The fraction of sp³-hybridized carbons (Fsp3) is 0.382. The second-order valence-electron chi connectivity index (χ2n) is 10.8. The summed E-state index contributed by atoms with van der Waals surface area (Å²) >= 11 is 0. The number of para-hydroxylation sites is 2. The topological polar surface area (TPSA) is 114 Å². The predicted octanol–water partition coefficient (Wildman–Crippen LogP) is 5.54. The molecule has 2 amide bonds. The molecule has 222 valence electrons. The van der Waals surface area contributed by atoms with Gasteiger partial charge in [-0.15, -0.1) is 0 Å². The van der Waals surface area contributed by atoms with Crippen molar-refractivity contribution < 1.29 is 29.0 Å². The van der Waals surface area contributed by atoms with Gasteiger partial charge in [-0.25, -0.2) is 0 Å². The van der Waals surface area contributed by atoms with E-state index in [2.05, 4.69) is 10.6 Å². The summed E-state index contributed by atoms with van der Waals surface area (Å²) in [5, 5.41) is 17.6. The van der Waals surface area contributed by atoms with E-state index in [-0.39, 0.29) is 6.42 Å². The number of carbonyl (C=O) groups excluding carboxylic acids is 3. The molecule has 0 radical (unpaired) electrons. The molecule has 1 fully saturated rings. The average molecular weight is 573 g/mol. The first-order valence-electron chi connectivity index (χ1n) is 14.5. The highest BCUT2D eigenvalue weighted by Gasteiger charge is 2.56. The second kappa shape index (κ2) is 13.2. The molecule has 0 bridgehead atoms. The quantitative estimate of drug-likeness (QED) is 0.275. The zero-order valence-corrected chi connectivity index (χ0v) is 24.9. The first-order valence-corrected chi connectivity index (χ1v) is 14.5. The van der Waals surface area contributed by atoms with Gasteiger partial charge in [0, 0.05) is 23.7 Å². The van der Waals surface area contributed by atoms with Crippen molar-refractivity contribution in [2.24, 2.45) is 11.8 Å². The van der Waals surface area contributed by atoms with Crippen LogP contribution in [-0.2, 0) is 27.2 Å². The van der Waals surface area contributed by atoms with Crippen LogP contribution in [0.3, 0.4) is 0 Å². The minimum absolute atomic E-state index is 0.349. The van der Waals surface area contributed by atoms with Gasteiger partial charge in [0.05, 0.1) is 25.2 Å². The van der Waals surface area contributed by atoms with Crippen LogP contribution in [0, 0.1) is 11.8 Å². The summed E-state index contributed by atoms with van der Waals surface area (Å²) in [6, 6.07) is 20.0. The van der Waals surface area contributed by atoms with E-state index < -0.39 is 41.0 Å². The number of aliphatic hydroxyl groups is 1. The number of ketones is 1. The molecule has 3 N–H and O–H groups in total. The van der Waals surface area contributed by atoms with Crippen LogP contribution in [0.1, 0.15) is 56.7 Å². The number of amides is 2. The van der Waals surface area contributed by atoms with Gasteiger partial charge >= 0.3 is 0 Å². The maximum atomic E-state index is 14.1. The Morgan fingerprint density at radius 3 is 2.00 bits per heavy atom. The van der Waals surface area contributed by atoms with E-state index in [4.69, 9.17) is 9.47 Å². The van der Waals surface area contributed by atoms with E-state index in [0.29, 0.717) is 47.9 Å². The molecular weight excluding hydrogens is 532 g/mol. The van der Waals surface area contributed by atoms with Crippen molar-refractivity contribution in [3.8, 4) is 11.5 Å². The van der Waals surface area contributed by atoms with Gasteiger partial charge in [0.25, 0.3) is 0 Å². The number of benzene rings is 3. The normalized spacial score (nSPS) is 21.9. The van der Waals surface area contributed by atoms with Crippen molar-refractivity contribution in [3.05, 3.63) is 83.4 Å². The third kappa shape index (κ3) is 6.34. The molecule has 8 nitrogen and oxygen atoms in total. The molecule has 4 unspecified atom stereocenters. The van der Waals surface area contributed by atoms with Gasteiger partial charge in [0.1, 0.15) is 11.7 Å². The van der Waals surface area contributed by atoms with Crippen LogP contribution in [0.2, 0.25) is 0 Å². The Bertz CT molecular complexity index is 1450. The number of aryl methyl sites for hydroxylation is 2. The maximum Gasteiger partial charge on any atom is 0.235 e. The standard InChI is InChI=1S/C34H40N2O6/c1-6-21-13-9-11-15-24(21)35-32(38)30-26(37)20-34(4,40)31(33(39)36-25-16-12-10-14-22(25)7-2)29(30)23-17-18-27(42-8-3)28(19-23)41-5/h9-19,29-31,40H,6-8,20H2,1-5H3,(H,35,38)(H,36,39). The molecule has 8 heteroatoms. The Balaban J connectivity index is 1.84. The smallest absolute Gasteiger partial charge is 0.235 e. The Hall–Kier alpha value is -4.17. The lowest BCUT2D eigenvalue weighted by molar-refractivity contribution is -0.150. The fourth-order valence-electron chi connectivity index (χ4n) is 5.98. The van der Waals surface area contributed by atoms with Gasteiger partial charge in [-0.1, -0.05) is 56.3 Å². The molecule has 4 atom stereocenters. The van der Waals surface area contributed by atoms with Crippen LogP contribution < -0.4 is 20.1 Å². The highest BCUT2D eigenvalue weighted by molar-refractivity contribution is 6.10. The molecule has 1 saturated carbocycles. The number of nitrogens with one attached hydrogen (secondary N) is 2. The molecule has 0 aromatic heterocycles. The Morgan fingerprint density at radius 2 is 1.45 bits per heavy atom. The monoisotopic (exact) mass is 572 g/mol. The lowest BCUT2D eigenvalue weighted by Crippen LogP contribution is -2.56. The van der Waals surface area contributed by atoms with Crippen LogP contribution in [0.5, 0.6) is 11.5 Å². The molecule has 42 heavy (non-hydrogen) atoms. The third-order valence-electron chi connectivity index (χ3n) is 8.02. The molecule has 1 aliphatic rings. The molecule has 0 saturated heterocycles. The zero-order chi connectivity index (χ0) is 30.4. The van der Waals surface area contributed by atoms with Gasteiger partial charge in [-0.05, 0) is 67.6 Å². The number of ether oxygens (including phenoxy) is 2. The van der Waals surface area contributed by atoms with E-state index in [0.717, 1.165) is 11.1 Å². The minimum Gasteiger partial charge on any atom is -0.493 e. The molecule has 0 spiro atoms. The second-order valence-corrected chi connectivity index (χ2v) is 10.8. The van der Waals surface area contributed by atoms with E-state index in [9.17, 15) is 19.5 Å². The average Bonchev–Trinajstić information content (AvgIpc) is 2.97. The molecule has 1 aliphatic carbocycles. The highest BCUT2D eigenvalue weighted by atomic mass is 16.5. The van der Waals surface area contributed by atoms with Crippen molar-refractivity contribution in [2.45, 2.75) is 58.5 Å². The zero-order valence-electron chi connectivity index (χ0n) is 24.9. The van der Waals surface area contributed by atoms with Crippen molar-refractivity contribution in [1.29, 1.82) is 0 Å². The van der Waals surface area contributed by atoms with E-state index >= 15 is 0 Å².